The number of hydrogen-bond acceptors (Lipinski definition) is 34. The molecule has 0 spiro atoms. The van der Waals surface area contributed by atoms with Crippen molar-refractivity contribution in [2.75, 3.05) is 77.3 Å². The van der Waals surface area contributed by atoms with Crippen LogP contribution in [0, 0.1) is 41.4 Å². The largest absolute Gasteiger partial charge is 1.00 e. The molecule has 4 aliphatic carbocycles. The van der Waals surface area contributed by atoms with Crippen molar-refractivity contribution in [3.05, 3.63) is 248 Å². The van der Waals surface area contributed by atoms with Crippen LogP contribution < -0.4 is 150 Å². The van der Waals surface area contributed by atoms with E-state index in [0.29, 0.717) is 137 Å². The first-order valence-electron chi connectivity index (χ1n) is 42.1. The van der Waals surface area contributed by atoms with Crippen LogP contribution in [0.15, 0.2) is 169 Å². The predicted octanol–water partition coefficient (Wildman–Crippen LogP) is 11.1. The molecule has 8 heterocycles. The maximum absolute atomic E-state index is 13.3. The van der Waals surface area contributed by atoms with Gasteiger partial charge in [-0.1, -0.05) is 94.5 Å². The van der Waals surface area contributed by atoms with E-state index in [1.165, 1.54) is 83.3 Å². The Morgan fingerprint density at radius 1 is 0.544 bits per heavy atom. The SMILES string of the molecule is C.CC[C@H]1C[C@@H](Nc2ncncc2C(=O)c2cc(CO)cs2)C[C@@H]1C.CN(Cc1csc(C(=O)c2cncnc2N[C@@H]2C[C@H](COS(N)(=O)=O)[C@@H](O)C2)c1)c1cccc(Cl)c1.CNc1cccc(Cl)c1.C[C@H]1C[C@H](Nc2ncncc2C(=O)c2cc(CCl)cs2)C[C@@H]1CO.C[C@H]1C[C@H](Nc2ncncc2C(=O)c2cc(CN(C)c3cccc(Cl)c3)cs2)C[C@@H]1CO.O=CO[O-].O=S(Cl)Cl.[H-].[K+].[K+]. The summed E-state index contributed by atoms with van der Waals surface area (Å²) in [4.78, 5) is 103. The maximum atomic E-state index is 13.3. The number of carbonyl (C=O) groups excluding carboxylic acids is 5. The molecule has 3 aromatic carbocycles. The van der Waals surface area contributed by atoms with E-state index < -0.39 is 31.6 Å². The topological polar surface area (TPSA) is 455 Å². The molecule has 4 fully saturated rings. The molecule has 0 saturated heterocycles. The van der Waals surface area contributed by atoms with Crippen LogP contribution in [0.1, 0.15) is 178 Å². The average Bonchev–Trinajstić information content (AvgIpc) is 1.70. The van der Waals surface area contributed by atoms with Crippen LogP contribution in [0.3, 0.4) is 0 Å². The quantitative estimate of drug-likeness (QED) is 0.00356. The molecule has 0 aliphatic heterocycles. The van der Waals surface area contributed by atoms with Gasteiger partial charge in [-0.25, -0.2) is 49.2 Å². The number of thiophene rings is 4. The van der Waals surface area contributed by atoms with Gasteiger partial charge in [0.2, 0.25) is 32.4 Å². The number of nitrogens with two attached hydrogens (primary N) is 1. The van der Waals surface area contributed by atoms with Crippen molar-refractivity contribution >= 4 is 203 Å². The first-order valence-corrected chi connectivity index (χ1v) is 51.5. The van der Waals surface area contributed by atoms with Gasteiger partial charge in [-0.3, -0.25) is 28.2 Å². The summed E-state index contributed by atoms with van der Waals surface area (Å²) in [5.41, 5.74) is 8.52. The number of ketones is 4. The van der Waals surface area contributed by atoms with E-state index in [0.717, 1.165) is 88.8 Å². The molecule has 15 rings (SSSR count). The van der Waals surface area contributed by atoms with E-state index in [2.05, 4.69) is 129 Å². The van der Waals surface area contributed by atoms with Crippen molar-refractivity contribution in [1.82, 2.24) is 39.9 Å². The molecule has 0 radical (unpaired) electrons. The Bertz CT molecular complexity index is 5630. The number of carbonyl (C=O) groups is 5. The number of anilines is 7. The Morgan fingerprint density at radius 3 is 1.16 bits per heavy atom. The monoisotopic (exact) mass is 2150 g/mol. The molecule has 12 atom stereocenters. The van der Waals surface area contributed by atoms with Gasteiger partial charge in [-0.15, -0.1) is 56.9 Å². The minimum absolute atomic E-state index is 0. The number of nitrogens with zero attached hydrogens (tertiary/aromatic N) is 10. The van der Waals surface area contributed by atoms with Gasteiger partial charge in [-0.2, -0.15) is 8.42 Å². The summed E-state index contributed by atoms with van der Waals surface area (Å²) in [6.45, 7) is 10.0. The summed E-state index contributed by atoms with van der Waals surface area (Å²) < 4.78 is 35.9. The predicted molar refractivity (Wildman–Crippen MR) is 535 cm³/mol. The van der Waals surface area contributed by atoms with Gasteiger partial charge in [0.05, 0.1) is 61.1 Å². The first-order chi connectivity index (χ1) is 63.7. The smallest absolute Gasteiger partial charge is 1.00 e. The zero-order valence-corrected chi connectivity index (χ0v) is 91.2. The Labute approximate surface area is 926 Å². The van der Waals surface area contributed by atoms with Crippen LogP contribution in [0.2, 0.25) is 15.1 Å². The zero-order valence-electron chi connectivity index (χ0n) is 76.5. The van der Waals surface area contributed by atoms with Crippen molar-refractivity contribution in [2.45, 2.75) is 149 Å². The molecule has 4 aliphatic rings. The third-order valence-corrected chi connectivity index (χ3v) is 28.2. The van der Waals surface area contributed by atoms with Gasteiger partial charge in [0.1, 0.15) is 48.6 Å². The Balaban J connectivity index is 0.000000304. The van der Waals surface area contributed by atoms with Crippen LogP contribution >= 0.6 is 113 Å². The fourth-order valence-corrected chi connectivity index (χ4v) is 20.5. The fourth-order valence-electron chi connectivity index (χ4n) is 15.9. The summed E-state index contributed by atoms with van der Waals surface area (Å²) in [6.07, 6.45) is 18.9. The fraction of sp³-hybridized carbons (Fsp3) is 0.396. The molecule has 11 aromatic rings. The molecule has 0 amide bonds. The van der Waals surface area contributed by atoms with Crippen LogP contribution in [-0.2, 0) is 59.0 Å². The summed E-state index contributed by atoms with van der Waals surface area (Å²) in [5, 5.41) is 77.9. The van der Waals surface area contributed by atoms with Gasteiger partial charge in [0.15, 0.2) is 0 Å². The van der Waals surface area contributed by atoms with Gasteiger partial charge < -0.3 is 68.4 Å². The van der Waals surface area contributed by atoms with E-state index in [4.69, 9.17) is 65.8 Å². The molecule has 4 saturated carbocycles. The molecule has 11 N–H and O–H groups in total. The molecule has 0 unspecified atom stereocenters. The van der Waals surface area contributed by atoms with Gasteiger partial charge >= 0.3 is 113 Å². The van der Waals surface area contributed by atoms with Crippen molar-refractivity contribution in [2.24, 2.45) is 46.6 Å². The van der Waals surface area contributed by atoms with Crippen LogP contribution in [0.4, 0.5) is 40.3 Å². The van der Waals surface area contributed by atoms with Crippen molar-refractivity contribution < 1.29 is 176 Å². The van der Waals surface area contributed by atoms with Crippen LogP contribution in [0.25, 0.3) is 0 Å². The molecule has 0 bridgehead atoms. The van der Waals surface area contributed by atoms with E-state index in [1.54, 1.807) is 30.0 Å². The number of hydrogen-bond donors (Lipinski definition) is 10. The van der Waals surface area contributed by atoms with Crippen LogP contribution in [0.5, 0.6) is 0 Å². The Morgan fingerprint density at radius 2 is 0.868 bits per heavy atom. The van der Waals surface area contributed by atoms with Gasteiger partial charge in [0, 0.05) is 162 Å². The van der Waals surface area contributed by atoms with E-state index >= 15 is 0 Å². The number of benzene rings is 3. The summed E-state index contributed by atoms with van der Waals surface area (Å²) in [6, 6.07) is 30.7. The maximum Gasteiger partial charge on any atom is 1.00 e. The molecule has 8 aromatic heterocycles. The van der Waals surface area contributed by atoms with Crippen molar-refractivity contribution in [3.8, 4) is 0 Å². The Hall–Kier alpha value is -5.64. The third kappa shape index (κ3) is 37.6. The molecular formula is C91H110Cl6K2N16O15S6. The second kappa shape index (κ2) is 60.7. The number of rotatable bonds is 32. The molecule has 724 valence electrons. The number of aliphatic hydroxyl groups excluding tert-OH is 4. The van der Waals surface area contributed by atoms with Gasteiger partial charge in [-0.05, 0) is 210 Å². The normalized spacial score (nSPS) is 19.3. The second-order valence-corrected chi connectivity index (χ2v) is 41.1. The minimum atomic E-state index is -4.09. The van der Waals surface area contributed by atoms with Crippen molar-refractivity contribution in [3.63, 3.8) is 0 Å². The summed E-state index contributed by atoms with van der Waals surface area (Å²) in [7, 11) is 9.09. The summed E-state index contributed by atoms with van der Waals surface area (Å²) in [5.74, 6) is 4.47. The number of aromatic nitrogens is 8. The number of alkyl halides is 1. The summed E-state index contributed by atoms with van der Waals surface area (Å²) >= 11 is 29.2. The Kier molecular flexibility index (Phi) is 53.2. The van der Waals surface area contributed by atoms with Crippen LogP contribution in [-0.4, -0.2) is 174 Å². The van der Waals surface area contributed by atoms with Crippen molar-refractivity contribution in [1.29, 1.82) is 0 Å². The molecule has 136 heavy (non-hydrogen) atoms. The van der Waals surface area contributed by atoms with Gasteiger partial charge in [0.25, 0.3) is 6.47 Å². The number of aliphatic hydroxyl groups is 4. The van der Waals surface area contributed by atoms with E-state index in [-0.39, 0.29) is 192 Å². The first kappa shape index (κ1) is 119. The standard InChI is InChI=1S/C24H27ClN4O2S.C23H26ClN5O5S2.C18H23N3O2S.C17H20ClN3O2S.C7H8ClN.CH2O3.CH4.Cl2OS.2K.H/c1-15-6-19(8-17(15)12-30)28-24-21(10-26-14-27-24)23(31)22-7-16(13-32-22)11-29(2)20-5-3-4-18(25)9-20;1-29(18-4-2-3-16(24)7-18)10-14-5-21(35-12-14)22(31)19-9-26-13-27-23(19)28-17-6-15(20(30)8-17)11-34-36(25,32)33;1-3-13-6-14(4-11(13)2)21-18-15(7-19-10-20-18)17(23)16-5-12(8-22)9-24-16;1-10-2-13(4-12(10)7-22)21-17-14(6-19-9-20-17)16(23)15-3-11(5-18)8-24-15;1-9-7-4-2-3-6(8)5-7;2-1-4-3;;1-4(2)3;;;/h3-5,7,9-10,13-15,17,19,30H,6,8,11-12H2,1-2H3,(H,26,27,28);2-5,7,9,12-13,15,17,20,30H,6,8,10-11H2,1H3,(H2,25,32,33)(H,26,27,28);5,7,9-11,13-14,22H,3-4,6,8H2,1-2H3,(H,19,20,21);3,6,8-10,12-13,22H,2,4-5,7H2,1H3,(H,19,20,21);2-5,9H,1H3;1,3H;1H4;;;;/q;;;;;;;;2*+1;-1/p-1/t15-,17+,19-;15-,17-,20+;11-,13-,14-;10-,12+,13-;;;;;;;/m0100......./s1. The van der Waals surface area contributed by atoms with E-state index in [9.17, 15) is 48.0 Å². The zero-order chi connectivity index (χ0) is 96.4. The van der Waals surface area contributed by atoms with E-state index in [1.807, 2.05) is 133 Å². The molecular weight excluding hydrogens is 2040 g/mol. The number of nitrogens with one attached hydrogen (secondary N) is 5. The average molecular weight is 2150 g/mol. The third-order valence-electron chi connectivity index (χ3n) is 22.8. The molecule has 45 heteroatoms. The number of halogens is 6. The molecule has 31 nitrogen and oxygen atoms in total. The minimum Gasteiger partial charge on any atom is -1.00 e. The second-order valence-electron chi connectivity index (χ2n) is 32.2.